The first-order valence-corrected chi connectivity index (χ1v) is 6.84. The van der Waals surface area contributed by atoms with Gasteiger partial charge in [-0.2, -0.15) is 0 Å². The summed E-state index contributed by atoms with van der Waals surface area (Å²) in [6, 6.07) is 0.0872. The molecule has 0 bridgehead atoms. The summed E-state index contributed by atoms with van der Waals surface area (Å²) in [5.74, 6) is 0.948. The standard InChI is InChI=1S/C11H15BrN4O2/c12-6-10(14-4-15-11(6)17)16-8-7(13)5-2-1-3-18-9(5)8/h4-5,7-9H,1-3,13H2,(H2,14,15,16,17). The van der Waals surface area contributed by atoms with Crippen LogP contribution in [-0.2, 0) is 4.74 Å². The van der Waals surface area contributed by atoms with Gasteiger partial charge in [-0.15, -0.1) is 0 Å². The molecule has 0 spiro atoms. The highest BCUT2D eigenvalue weighted by Crippen LogP contribution is 2.38. The van der Waals surface area contributed by atoms with Crippen LogP contribution in [0, 0.1) is 5.92 Å². The Labute approximate surface area is 112 Å². The first kappa shape index (κ1) is 12.1. The zero-order valence-electron chi connectivity index (χ0n) is 9.73. The van der Waals surface area contributed by atoms with Crippen LogP contribution in [0.4, 0.5) is 5.82 Å². The number of hydrogen-bond donors (Lipinski definition) is 3. The number of hydrogen-bond acceptors (Lipinski definition) is 5. The second-order valence-electron chi connectivity index (χ2n) is 4.78. The number of ether oxygens (including phenoxy) is 1. The van der Waals surface area contributed by atoms with Crippen molar-refractivity contribution in [3.63, 3.8) is 0 Å². The number of aromatic amines is 1. The molecule has 98 valence electrons. The fourth-order valence-electron chi connectivity index (χ4n) is 2.77. The van der Waals surface area contributed by atoms with Gasteiger partial charge in [-0.05, 0) is 28.8 Å². The minimum atomic E-state index is -0.207. The third-order valence-electron chi connectivity index (χ3n) is 3.78. The number of rotatable bonds is 2. The summed E-state index contributed by atoms with van der Waals surface area (Å²) in [5, 5.41) is 3.21. The largest absolute Gasteiger partial charge is 0.376 e. The van der Waals surface area contributed by atoms with E-state index in [0.717, 1.165) is 19.4 Å². The molecule has 0 amide bonds. The second-order valence-corrected chi connectivity index (χ2v) is 5.58. The second kappa shape index (κ2) is 4.64. The van der Waals surface area contributed by atoms with E-state index < -0.39 is 0 Å². The van der Waals surface area contributed by atoms with Crippen molar-refractivity contribution >= 4 is 21.7 Å². The Morgan fingerprint density at radius 1 is 1.61 bits per heavy atom. The molecule has 4 N–H and O–H groups in total. The van der Waals surface area contributed by atoms with Crippen molar-refractivity contribution in [2.24, 2.45) is 11.7 Å². The molecule has 2 aliphatic rings. The van der Waals surface area contributed by atoms with Crippen LogP contribution in [0.1, 0.15) is 12.8 Å². The summed E-state index contributed by atoms with van der Waals surface area (Å²) >= 11 is 3.22. The van der Waals surface area contributed by atoms with Crippen LogP contribution < -0.4 is 16.6 Å². The average Bonchev–Trinajstić information content (AvgIpc) is 2.40. The van der Waals surface area contributed by atoms with Gasteiger partial charge in [-0.25, -0.2) is 4.98 Å². The van der Waals surface area contributed by atoms with Crippen molar-refractivity contribution in [3.05, 3.63) is 21.2 Å². The van der Waals surface area contributed by atoms with Crippen LogP contribution in [0.25, 0.3) is 0 Å². The zero-order valence-corrected chi connectivity index (χ0v) is 11.3. The maximum absolute atomic E-state index is 11.4. The lowest BCUT2D eigenvalue weighted by Gasteiger charge is -2.52. The number of nitrogens with one attached hydrogen (secondary N) is 2. The summed E-state index contributed by atoms with van der Waals surface area (Å²) in [5.41, 5.74) is 5.93. The van der Waals surface area contributed by atoms with E-state index in [4.69, 9.17) is 10.5 Å². The van der Waals surface area contributed by atoms with Crippen molar-refractivity contribution in [1.29, 1.82) is 0 Å². The number of halogens is 1. The zero-order chi connectivity index (χ0) is 12.7. The molecule has 1 saturated heterocycles. The number of fused-ring (bicyclic) bond motifs is 1. The molecule has 6 nitrogen and oxygen atoms in total. The summed E-state index contributed by atoms with van der Waals surface area (Å²) < 4.78 is 6.13. The van der Waals surface area contributed by atoms with Crippen molar-refractivity contribution in [2.45, 2.75) is 31.0 Å². The lowest BCUT2D eigenvalue weighted by Crippen LogP contribution is -2.69. The maximum Gasteiger partial charge on any atom is 0.267 e. The minimum absolute atomic E-state index is 0.0286. The monoisotopic (exact) mass is 314 g/mol. The normalized spacial score (nSPS) is 34.6. The van der Waals surface area contributed by atoms with Gasteiger partial charge in [0.15, 0.2) is 0 Å². The van der Waals surface area contributed by atoms with E-state index in [0.29, 0.717) is 16.2 Å². The number of H-pyrrole nitrogens is 1. The molecule has 1 aromatic heterocycles. The highest BCUT2D eigenvalue weighted by Gasteiger charge is 2.50. The smallest absolute Gasteiger partial charge is 0.267 e. The number of nitrogens with zero attached hydrogens (tertiary/aromatic N) is 1. The van der Waals surface area contributed by atoms with Crippen LogP contribution in [0.2, 0.25) is 0 Å². The van der Waals surface area contributed by atoms with Crippen LogP contribution in [0.3, 0.4) is 0 Å². The third-order valence-corrected chi connectivity index (χ3v) is 4.51. The van der Waals surface area contributed by atoms with E-state index >= 15 is 0 Å². The first-order chi connectivity index (χ1) is 8.68. The lowest BCUT2D eigenvalue weighted by molar-refractivity contribution is -0.104. The van der Waals surface area contributed by atoms with Crippen LogP contribution >= 0.6 is 15.9 Å². The summed E-state index contributed by atoms with van der Waals surface area (Å²) in [6.45, 7) is 0.788. The summed E-state index contributed by atoms with van der Waals surface area (Å²) in [4.78, 5) is 18.1. The molecule has 18 heavy (non-hydrogen) atoms. The van der Waals surface area contributed by atoms with Gasteiger partial charge in [0, 0.05) is 18.6 Å². The molecule has 4 unspecified atom stereocenters. The van der Waals surface area contributed by atoms with Crippen LogP contribution in [-0.4, -0.2) is 34.8 Å². The van der Waals surface area contributed by atoms with Gasteiger partial charge in [0.1, 0.15) is 10.3 Å². The molecule has 2 heterocycles. The highest BCUT2D eigenvalue weighted by atomic mass is 79.9. The van der Waals surface area contributed by atoms with Gasteiger partial charge in [0.2, 0.25) is 0 Å². The minimum Gasteiger partial charge on any atom is -0.376 e. The Morgan fingerprint density at radius 3 is 3.28 bits per heavy atom. The van der Waals surface area contributed by atoms with Crippen LogP contribution in [0.5, 0.6) is 0 Å². The molecule has 1 aliphatic carbocycles. The Kier molecular flexibility index (Phi) is 3.13. The van der Waals surface area contributed by atoms with Gasteiger partial charge in [-0.3, -0.25) is 4.79 Å². The summed E-state index contributed by atoms with van der Waals surface area (Å²) in [7, 11) is 0. The van der Waals surface area contributed by atoms with Gasteiger partial charge in [0.05, 0.1) is 18.5 Å². The third kappa shape index (κ3) is 1.86. The molecular formula is C11H15BrN4O2. The lowest BCUT2D eigenvalue weighted by atomic mass is 9.68. The molecule has 2 fully saturated rings. The molecular weight excluding hydrogens is 300 g/mol. The van der Waals surface area contributed by atoms with E-state index in [-0.39, 0.29) is 23.7 Å². The van der Waals surface area contributed by atoms with Crippen molar-refractivity contribution in [3.8, 4) is 0 Å². The molecule has 0 aromatic carbocycles. The van der Waals surface area contributed by atoms with Crippen molar-refractivity contribution in [2.75, 3.05) is 11.9 Å². The number of nitrogens with two attached hydrogens (primary N) is 1. The quantitative estimate of drug-likeness (QED) is 0.737. The van der Waals surface area contributed by atoms with Gasteiger partial charge >= 0.3 is 0 Å². The van der Waals surface area contributed by atoms with Gasteiger partial charge in [-0.1, -0.05) is 0 Å². The average molecular weight is 315 g/mol. The van der Waals surface area contributed by atoms with Crippen LogP contribution in [0.15, 0.2) is 15.6 Å². The van der Waals surface area contributed by atoms with Gasteiger partial charge < -0.3 is 20.8 Å². The number of aromatic nitrogens is 2. The van der Waals surface area contributed by atoms with E-state index in [9.17, 15) is 4.79 Å². The molecule has 0 radical (unpaired) electrons. The maximum atomic E-state index is 11.4. The van der Waals surface area contributed by atoms with E-state index in [1.165, 1.54) is 6.33 Å². The topological polar surface area (TPSA) is 93.0 Å². The van der Waals surface area contributed by atoms with Crippen molar-refractivity contribution < 1.29 is 4.74 Å². The highest BCUT2D eigenvalue weighted by molar-refractivity contribution is 9.10. The molecule has 3 rings (SSSR count). The number of anilines is 1. The molecule has 1 aromatic rings. The first-order valence-electron chi connectivity index (χ1n) is 6.05. The SMILES string of the molecule is NC1C2CCCOC2C1Nc1nc[nH]c(=O)c1Br. The predicted octanol–water partition coefficient (Wildman–Crippen LogP) is 0.449. The Bertz CT molecular complexity index is 506. The molecule has 1 saturated carbocycles. The Morgan fingerprint density at radius 2 is 2.44 bits per heavy atom. The summed E-state index contributed by atoms with van der Waals surface area (Å²) in [6.07, 6.45) is 3.71. The Balaban J connectivity index is 1.77. The fraction of sp³-hybridized carbons (Fsp3) is 0.636. The fourth-order valence-corrected chi connectivity index (χ4v) is 3.10. The Hall–Kier alpha value is -0.920. The van der Waals surface area contributed by atoms with Gasteiger partial charge in [0.25, 0.3) is 5.56 Å². The van der Waals surface area contributed by atoms with E-state index in [1.54, 1.807) is 0 Å². The van der Waals surface area contributed by atoms with Crippen molar-refractivity contribution in [1.82, 2.24) is 9.97 Å². The molecule has 4 atom stereocenters. The van der Waals surface area contributed by atoms with E-state index in [1.807, 2.05) is 0 Å². The van der Waals surface area contributed by atoms with E-state index in [2.05, 4.69) is 31.2 Å². The molecule has 7 heteroatoms. The predicted molar refractivity (Wildman–Crippen MR) is 70.4 cm³/mol. The molecule has 1 aliphatic heterocycles.